The topological polar surface area (TPSA) is 3.24 Å². The molecule has 0 aromatic carbocycles. The number of likely N-dealkylation sites (tertiary alicyclic amines) is 1. The summed E-state index contributed by atoms with van der Waals surface area (Å²) in [5, 5.41) is 0. The SMILES string of the molecule is C[C@H]1CCN(C2CCC2)CC1(C)C. The average Bonchev–Trinajstić information content (AvgIpc) is 1.92. The molecule has 1 aliphatic heterocycles. The molecule has 13 heavy (non-hydrogen) atoms. The van der Waals surface area contributed by atoms with Crippen molar-refractivity contribution in [3.8, 4) is 0 Å². The molecule has 2 fully saturated rings. The molecular weight excluding hydrogens is 158 g/mol. The van der Waals surface area contributed by atoms with Gasteiger partial charge in [-0.3, -0.25) is 4.90 Å². The van der Waals surface area contributed by atoms with Gasteiger partial charge in [-0.2, -0.15) is 0 Å². The molecule has 0 bridgehead atoms. The number of piperidine rings is 1. The largest absolute Gasteiger partial charge is 0.300 e. The van der Waals surface area contributed by atoms with Gasteiger partial charge >= 0.3 is 0 Å². The van der Waals surface area contributed by atoms with Crippen LogP contribution in [0.3, 0.4) is 0 Å². The second kappa shape index (κ2) is 3.27. The summed E-state index contributed by atoms with van der Waals surface area (Å²) in [6.07, 6.45) is 5.80. The molecule has 0 spiro atoms. The smallest absolute Gasteiger partial charge is 0.00955 e. The van der Waals surface area contributed by atoms with Gasteiger partial charge in [0.15, 0.2) is 0 Å². The standard InChI is InChI=1S/C12H23N/c1-10-7-8-13(9-12(10,2)3)11-5-4-6-11/h10-11H,4-9H2,1-3H3/t10-/m0/s1. The van der Waals surface area contributed by atoms with Gasteiger partial charge in [-0.25, -0.2) is 0 Å². The van der Waals surface area contributed by atoms with E-state index >= 15 is 0 Å². The first-order valence-electron chi connectivity index (χ1n) is 5.83. The molecule has 76 valence electrons. The van der Waals surface area contributed by atoms with E-state index in [1.54, 1.807) is 0 Å². The Kier molecular flexibility index (Phi) is 2.39. The van der Waals surface area contributed by atoms with E-state index in [1.165, 1.54) is 38.8 Å². The van der Waals surface area contributed by atoms with E-state index in [0.717, 1.165) is 12.0 Å². The first kappa shape index (κ1) is 9.51. The third kappa shape index (κ3) is 1.76. The lowest BCUT2D eigenvalue weighted by atomic mass is 9.73. The van der Waals surface area contributed by atoms with Crippen LogP contribution in [0.15, 0.2) is 0 Å². The molecule has 1 heteroatoms. The summed E-state index contributed by atoms with van der Waals surface area (Å²) < 4.78 is 0. The third-order valence-corrected chi connectivity index (χ3v) is 4.39. The van der Waals surface area contributed by atoms with Gasteiger partial charge in [0.25, 0.3) is 0 Å². The molecule has 1 atom stereocenters. The Labute approximate surface area is 82.5 Å². The van der Waals surface area contributed by atoms with Crippen LogP contribution in [-0.4, -0.2) is 24.0 Å². The Morgan fingerprint density at radius 2 is 1.85 bits per heavy atom. The van der Waals surface area contributed by atoms with Gasteiger partial charge in [0.2, 0.25) is 0 Å². The molecule has 0 N–H and O–H groups in total. The summed E-state index contributed by atoms with van der Waals surface area (Å²) >= 11 is 0. The first-order chi connectivity index (χ1) is 6.09. The van der Waals surface area contributed by atoms with Crippen molar-refractivity contribution in [2.75, 3.05) is 13.1 Å². The van der Waals surface area contributed by atoms with Crippen LogP contribution in [0.5, 0.6) is 0 Å². The normalized spacial score (nSPS) is 35.8. The Balaban J connectivity index is 1.94. The quantitative estimate of drug-likeness (QED) is 0.601. The number of rotatable bonds is 1. The maximum absolute atomic E-state index is 2.74. The van der Waals surface area contributed by atoms with Gasteiger partial charge < -0.3 is 0 Å². The highest BCUT2D eigenvalue weighted by molar-refractivity contribution is 4.90. The number of hydrogen-bond acceptors (Lipinski definition) is 1. The Bertz CT molecular complexity index is 182. The molecule has 0 unspecified atom stereocenters. The van der Waals surface area contributed by atoms with E-state index in [0.29, 0.717) is 5.41 Å². The summed E-state index contributed by atoms with van der Waals surface area (Å²) in [5.41, 5.74) is 0.549. The summed E-state index contributed by atoms with van der Waals surface area (Å²) in [6.45, 7) is 9.97. The minimum absolute atomic E-state index is 0.549. The fourth-order valence-electron chi connectivity index (χ4n) is 2.57. The molecule has 2 aliphatic rings. The highest BCUT2D eigenvalue weighted by Gasteiger charge is 2.36. The maximum Gasteiger partial charge on any atom is 0.00955 e. The van der Waals surface area contributed by atoms with Crippen LogP contribution in [0.4, 0.5) is 0 Å². The van der Waals surface area contributed by atoms with E-state index in [9.17, 15) is 0 Å². The zero-order valence-corrected chi connectivity index (χ0v) is 9.34. The van der Waals surface area contributed by atoms with Crippen molar-refractivity contribution in [1.82, 2.24) is 4.90 Å². The Morgan fingerprint density at radius 3 is 2.31 bits per heavy atom. The summed E-state index contributed by atoms with van der Waals surface area (Å²) in [5.74, 6) is 0.906. The second-order valence-corrected chi connectivity index (χ2v) is 5.73. The fraction of sp³-hybridized carbons (Fsp3) is 1.00. The molecule has 1 aliphatic carbocycles. The van der Waals surface area contributed by atoms with Crippen molar-refractivity contribution in [2.45, 2.75) is 52.5 Å². The lowest BCUT2D eigenvalue weighted by Crippen LogP contribution is -2.51. The molecule has 1 nitrogen and oxygen atoms in total. The monoisotopic (exact) mass is 181 g/mol. The molecule has 0 aromatic heterocycles. The average molecular weight is 181 g/mol. The third-order valence-electron chi connectivity index (χ3n) is 4.39. The lowest BCUT2D eigenvalue weighted by molar-refractivity contribution is 0.0113. The lowest BCUT2D eigenvalue weighted by Gasteiger charge is -2.48. The second-order valence-electron chi connectivity index (χ2n) is 5.73. The van der Waals surface area contributed by atoms with Crippen molar-refractivity contribution in [2.24, 2.45) is 11.3 Å². The van der Waals surface area contributed by atoms with Crippen LogP contribution in [0.25, 0.3) is 0 Å². The van der Waals surface area contributed by atoms with Crippen LogP contribution < -0.4 is 0 Å². The van der Waals surface area contributed by atoms with Crippen molar-refractivity contribution in [3.05, 3.63) is 0 Å². The highest BCUT2D eigenvalue weighted by Crippen LogP contribution is 2.38. The summed E-state index contributed by atoms with van der Waals surface area (Å²) in [7, 11) is 0. The maximum atomic E-state index is 2.74. The number of hydrogen-bond donors (Lipinski definition) is 0. The van der Waals surface area contributed by atoms with Crippen LogP contribution in [0.2, 0.25) is 0 Å². The molecule has 2 rings (SSSR count). The summed E-state index contributed by atoms with van der Waals surface area (Å²) in [6, 6.07) is 0.951. The highest BCUT2D eigenvalue weighted by atomic mass is 15.2. The van der Waals surface area contributed by atoms with Crippen LogP contribution in [0.1, 0.15) is 46.5 Å². The molecule has 1 heterocycles. The molecule has 1 saturated heterocycles. The van der Waals surface area contributed by atoms with Gasteiger partial charge in [-0.15, -0.1) is 0 Å². The molecule has 0 aromatic rings. The summed E-state index contributed by atoms with van der Waals surface area (Å²) in [4.78, 5) is 2.74. The Hall–Kier alpha value is -0.0400. The van der Waals surface area contributed by atoms with E-state index in [2.05, 4.69) is 25.7 Å². The first-order valence-corrected chi connectivity index (χ1v) is 5.83. The van der Waals surface area contributed by atoms with Crippen LogP contribution in [-0.2, 0) is 0 Å². The van der Waals surface area contributed by atoms with E-state index in [4.69, 9.17) is 0 Å². The minimum atomic E-state index is 0.549. The van der Waals surface area contributed by atoms with Crippen LogP contribution in [0, 0.1) is 11.3 Å². The van der Waals surface area contributed by atoms with Crippen LogP contribution >= 0.6 is 0 Å². The van der Waals surface area contributed by atoms with Gasteiger partial charge in [0.1, 0.15) is 0 Å². The van der Waals surface area contributed by atoms with Gasteiger partial charge in [0, 0.05) is 12.6 Å². The fourth-order valence-corrected chi connectivity index (χ4v) is 2.57. The van der Waals surface area contributed by atoms with Crippen molar-refractivity contribution in [1.29, 1.82) is 0 Å². The zero-order chi connectivity index (χ0) is 9.47. The van der Waals surface area contributed by atoms with Gasteiger partial charge in [-0.05, 0) is 37.1 Å². The molecule has 0 amide bonds. The molecular formula is C12H23N. The van der Waals surface area contributed by atoms with E-state index in [-0.39, 0.29) is 0 Å². The molecule has 1 saturated carbocycles. The van der Waals surface area contributed by atoms with Crippen molar-refractivity contribution >= 4 is 0 Å². The van der Waals surface area contributed by atoms with Crippen molar-refractivity contribution < 1.29 is 0 Å². The molecule has 0 radical (unpaired) electrons. The number of nitrogens with zero attached hydrogens (tertiary/aromatic N) is 1. The zero-order valence-electron chi connectivity index (χ0n) is 9.34. The van der Waals surface area contributed by atoms with Gasteiger partial charge in [-0.1, -0.05) is 27.2 Å². The Morgan fingerprint density at radius 1 is 1.15 bits per heavy atom. The van der Waals surface area contributed by atoms with E-state index in [1.807, 2.05) is 0 Å². The predicted octanol–water partition coefficient (Wildman–Crippen LogP) is 2.91. The van der Waals surface area contributed by atoms with Crippen molar-refractivity contribution in [3.63, 3.8) is 0 Å². The van der Waals surface area contributed by atoms with E-state index < -0.39 is 0 Å². The van der Waals surface area contributed by atoms with Gasteiger partial charge in [0.05, 0.1) is 0 Å². The minimum Gasteiger partial charge on any atom is -0.300 e. The predicted molar refractivity (Wildman–Crippen MR) is 56.8 cm³/mol.